The van der Waals surface area contributed by atoms with Crippen LogP contribution in [0.15, 0.2) is 24.4 Å². The number of carboxylic acid groups (broad SMARTS) is 1. The van der Waals surface area contributed by atoms with Crippen LogP contribution >= 0.6 is 0 Å². The molecule has 0 aliphatic rings. The van der Waals surface area contributed by atoms with Crippen molar-refractivity contribution in [2.75, 3.05) is 20.1 Å². The average Bonchev–Trinajstić information content (AvgIpc) is 2.34. The van der Waals surface area contributed by atoms with Gasteiger partial charge in [-0.1, -0.05) is 13.0 Å². The molecule has 4 heteroatoms. The lowest BCUT2D eigenvalue weighted by molar-refractivity contribution is -0.142. The van der Waals surface area contributed by atoms with E-state index in [0.29, 0.717) is 13.0 Å². The maximum absolute atomic E-state index is 10.9. The Morgan fingerprint density at radius 1 is 1.53 bits per heavy atom. The zero-order valence-electron chi connectivity index (χ0n) is 10.5. The SMILES string of the molecule is CCC(CN(C)CCc1ccccn1)C(=O)O. The second-order valence-corrected chi connectivity index (χ2v) is 4.28. The maximum atomic E-state index is 10.9. The van der Waals surface area contributed by atoms with Crippen molar-refractivity contribution >= 4 is 5.97 Å². The molecule has 0 radical (unpaired) electrons. The zero-order chi connectivity index (χ0) is 12.7. The molecule has 1 heterocycles. The van der Waals surface area contributed by atoms with Crippen molar-refractivity contribution in [2.24, 2.45) is 5.92 Å². The van der Waals surface area contributed by atoms with E-state index in [-0.39, 0.29) is 5.92 Å². The van der Waals surface area contributed by atoms with Gasteiger partial charge in [-0.3, -0.25) is 9.78 Å². The fourth-order valence-electron chi connectivity index (χ4n) is 1.70. The molecular formula is C13H20N2O2. The van der Waals surface area contributed by atoms with E-state index in [1.807, 2.05) is 32.2 Å². The van der Waals surface area contributed by atoms with Gasteiger partial charge in [0.2, 0.25) is 0 Å². The van der Waals surface area contributed by atoms with Crippen LogP contribution in [0.5, 0.6) is 0 Å². The topological polar surface area (TPSA) is 53.4 Å². The van der Waals surface area contributed by atoms with E-state index in [1.54, 1.807) is 6.20 Å². The van der Waals surface area contributed by atoms with Gasteiger partial charge < -0.3 is 10.0 Å². The highest BCUT2D eigenvalue weighted by Crippen LogP contribution is 2.05. The van der Waals surface area contributed by atoms with Crippen LogP contribution in [0.25, 0.3) is 0 Å². The molecular weight excluding hydrogens is 216 g/mol. The lowest BCUT2D eigenvalue weighted by Gasteiger charge is -2.20. The van der Waals surface area contributed by atoms with Crippen molar-refractivity contribution in [2.45, 2.75) is 19.8 Å². The maximum Gasteiger partial charge on any atom is 0.307 e. The molecule has 0 amide bonds. The summed E-state index contributed by atoms with van der Waals surface area (Å²) < 4.78 is 0. The molecule has 1 unspecified atom stereocenters. The fraction of sp³-hybridized carbons (Fsp3) is 0.538. The van der Waals surface area contributed by atoms with Crippen LogP contribution in [0, 0.1) is 5.92 Å². The van der Waals surface area contributed by atoms with E-state index in [0.717, 1.165) is 18.7 Å². The normalized spacial score (nSPS) is 12.6. The molecule has 1 aromatic rings. The van der Waals surface area contributed by atoms with E-state index < -0.39 is 5.97 Å². The predicted molar refractivity (Wildman–Crippen MR) is 66.9 cm³/mol. The molecule has 94 valence electrons. The number of carbonyl (C=O) groups is 1. The third-order valence-corrected chi connectivity index (χ3v) is 2.85. The predicted octanol–water partition coefficient (Wildman–Crippen LogP) is 1.67. The standard InChI is InChI=1S/C13H20N2O2/c1-3-11(13(16)17)10-15(2)9-7-12-6-4-5-8-14-12/h4-6,8,11H,3,7,9-10H2,1-2H3,(H,16,17). The van der Waals surface area contributed by atoms with E-state index in [2.05, 4.69) is 9.88 Å². The van der Waals surface area contributed by atoms with Crippen LogP contribution in [0.4, 0.5) is 0 Å². The summed E-state index contributed by atoms with van der Waals surface area (Å²) in [6.45, 7) is 3.34. The smallest absolute Gasteiger partial charge is 0.307 e. The van der Waals surface area contributed by atoms with E-state index in [4.69, 9.17) is 5.11 Å². The Morgan fingerprint density at radius 2 is 2.29 bits per heavy atom. The number of likely N-dealkylation sites (N-methyl/N-ethyl adjacent to an activating group) is 1. The first kappa shape index (κ1) is 13.6. The number of aliphatic carboxylic acids is 1. The van der Waals surface area contributed by atoms with Gasteiger partial charge in [0.15, 0.2) is 0 Å². The van der Waals surface area contributed by atoms with Gasteiger partial charge in [-0.25, -0.2) is 0 Å². The third-order valence-electron chi connectivity index (χ3n) is 2.85. The molecule has 1 N–H and O–H groups in total. The van der Waals surface area contributed by atoms with Gasteiger partial charge in [-0.2, -0.15) is 0 Å². The summed E-state index contributed by atoms with van der Waals surface area (Å²) in [6, 6.07) is 5.85. The summed E-state index contributed by atoms with van der Waals surface area (Å²) in [4.78, 5) is 17.2. The van der Waals surface area contributed by atoms with Gasteiger partial charge in [0.25, 0.3) is 0 Å². The summed E-state index contributed by atoms with van der Waals surface area (Å²) in [5.74, 6) is -0.985. The van der Waals surface area contributed by atoms with Gasteiger partial charge in [0, 0.05) is 31.4 Å². The van der Waals surface area contributed by atoms with Crippen molar-refractivity contribution < 1.29 is 9.90 Å². The summed E-state index contributed by atoms with van der Waals surface area (Å²) in [5.41, 5.74) is 1.04. The van der Waals surface area contributed by atoms with Crippen molar-refractivity contribution in [3.05, 3.63) is 30.1 Å². The first-order valence-electron chi connectivity index (χ1n) is 5.94. The molecule has 0 aliphatic heterocycles. The lowest BCUT2D eigenvalue weighted by atomic mass is 10.1. The molecule has 0 aliphatic carbocycles. The number of aromatic nitrogens is 1. The highest BCUT2D eigenvalue weighted by atomic mass is 16.4. The van der Waals surface area contributed by atoms with Gasteiger partial charge >= 0.3 is 5.97 Å². The molecule has 1 aromatic heterocycles. The Labute approximate surface area is 102 Å². The van der Waals surface area contributed by atoms with Crippen LogP contribution in [0.1, 0.15) is 19.0 Å². The molecule has 0 aromatic carbocycles. The minimum Gasteiger partial charge on any atom is -0.481 e. The number of nitrogens with zero attached hydrogens (tertiary/aromatic N) is 2. The number of rotatable bonds is 7. The first-order chi connectivity index (χ1) is 8.13. The first-order valence-corrected chi connectivity index (χ1v) is 5.94. The van der Waals surface area contributed by atoms with Crippen LogP contribution in [0.2, 0.25) is 0 Å². The zero-order valence-corrected chi connectivity index (χ0v) is 10.5. The molecule has 0 saturated carbocycles. The van der Waals surface area contributed by atoms with E-state index in [9.17, 15) is 4.79 Å². The lowest BCUT2D eigenvalue weighted by Crippen LogP contribution is -2.31. The van der Waals surface area contributed by atoms with Crippen molar-refractivity contribution in [1.29, 1.82) is 0 Å². The molecule has 17 heavy (non-hydrogen) atoms. The molecule has 1 atom stereocenters. The number of hydrogen-bond donors (Lipinski definition) is 1. The number of pyridine rings is 1. The van der Waals surface area contributed by atoms with Crippen LogP contribution in [-0.4, -0.2) is 41.1 Å². The Kier molecular flexibility index (Phi) is 5.63. The van der Waals surface area contributed by atoms with Gasteiger partial charge in [0.05, 0.1) is 5.92 Å². The van der Waals surface area contributed by atoms with Crippen molar-refractivity contribution in [3.8, 4) is 0 Å². The van der Waals surface area contributed by atoms with Crippen LogP contribution < -0.4 is 0 Å². The van der Waals surface area contributed by atoms with E-state index in [1.165, 1.54) is 0 Å². The van der Waals surface area contributed by atoms with Crippen molar-refractivity contribution in [3.63, 3.8) is 0 Å². The minimum absolute atomic E-state index is 0.274. The quantitative estimate of drug-likeness (QED) is 0.782. The largest absolute Gasteiger partial charge is 0.481 e. The summed E-state index contributed by atoms with van der Waals surface area (Å²) in [5, 5.41) is 8.97. The monoisotopic (exact) mass is 236 g/mol. The van der Waals surface area contributed by atoms with E-state index >= 15 is 0 Å². The fourth-order valence-corrected chi connectivity index (χ4v) is 1.70. The highest BCUT2D eigenvalue weighted by molar-refractivity contribution is 5.70. The molecule has 0 fully saturated rings. The third kappa shape index (κ3) is 4.95. The van der Waals surface area contributed by atoms with Crippen LogP contribution in [0.3, 0.4) is 0 Å². The number of carboxylic acids is 1. The number of hydrogen-bond acceptors (Lipinski definition) is 3. The Hall–Kier alpha value is -1.42. The second-order valence-electron chi connectivity index (χ2n) is 4.28. The summed E-state index contributed by atoms with van der Waals surface area (Å²) >= 11 is 0. The molecule has 4 nitrogen and oxygen atoms in total. The molecule has 1 rings (SSSR count). The average molecular weight is 236 g/mol. The highest BCUT2D eigenvalue weighted by Gasteiger charge is 2.16. The Morgan fingerprint density at radius 3 is 2.82 bits per heavy atom. The second kappa shape index (κ2) is 7.01. The molecule has 0 spiro atoms. The Bertz CT molecular complexity index is 341. The molecule has 0 saturated heterocycles. The minimum atomic E-state index is -0.711. The van der Waals surface area contributed by atoms with Crippen molar-refractivity contribution in [1.82, 2.24) is 9.88 Å². The molecule has 0 bridgehead atoms. The summed E-state index contributed by atoms with van der Waals surface area (Å²) in [6.07, 6.45) is 3.30. The van der Waals surface area contributed by atoms with Gasteiger partial charge in [0.1, 0.15) is 0 Å². The van der Waals surface area contributed by atoms with Gasteiger partial charge in [-0.15, -0.1) is 0 Å². The van der Waals surface area contributed by atoms with Crippen LogP contribution in [-0.2, 0) is 11.2 Å². The Balaban J connectivity index is 2.34. The summed E-state index contributed by atoms with van der Waals surface area (Å²) in [7, 11) is 1.95. The van der Waals surface area contributed by atoms with Gasteiger partial charge in [-0.05, 0) is 25.6 Å².